The van der Waals surface area contributed by atoms with Crippen molar-refractivity contribution < 1.29 is 13.6 Å². The van der Waals surface area contributed by atoms with Crippen molar-refractivity contribution in [2.24, 2.45) is 0 Å². The van der Waals surface area contributed by atoms with E-state index in [0.29, 0.717) is 30.9 Å². The van der Waals surface area contributed by atoms with Crippen LogP contribution in [-0.4, -0.2) is 15.8 Å². The van der Waals surface area contributed by atoms with Gasteiger partial charge >= 0.3 is 0 Å². The normalized spacial score (nSPS) is 17.0. The Kier molecular flexibility index (Phi) is 3.42. The summed E-state index contributed by atoms with van der Waals surface area (Å²) in [6, 6.07) is 7.45. The Labute approximate surface area is 132 Å². The van der Waals surface area contributed by atoms with E-state index >= 15 is 0 Å². The van der Waals surface area contributed by atoms with Crippen LogP contribution in [0.15, 0.2) is 51.8 Å². The summed E-state index contributed by atoms with van der Waals surface area (Å²) in [4.78, 5) is 21.0. The van der Waals surface area contributed by atoms with Crippen molar-refractivity contribution in [2.75, 3.05) is 5.32 Å². The maximum absolute atomic E-state index is 12.3. The summed E-state index contributed by atoms with van der Waals surface area (Å²) in [5, 5.41) is 3.11. The van der Waals surface area contributed by atoms with E-state index < -0.39 is 0 Å². The average Bonchev–Trinajstić information content (AvgIpc) is 3.26. The third-order valence-corrected chi connectivity index (χ3v) is 3.99. The number of carbonyl (C=O) groups is 1. The molecule has 0 saturated heterocycles. The molecule has 3 heterocycles. The lowest BCUT2D eigenvalue weighted by Crippen LogP contribution is -2.21. The van der Waals surface area contributed by atoms with Gasteiger partial charge in [-0.05, 0) is 24.3 Å². The minimum atomic E-state index is 0.0397. The number of rotatable bonds is 4. The van der Waals surface area contributed by atoms with Gasteiger partial charge in [0.1, 0.15) is 11.5 Å². The number of furan rings is 2. The fourth-order valence-electron chi connectivity index (χ4n) is 2.83. The molecule has 1 aliphatic rings. The number of nitrogens with zero attached hydrogens (tertiary/aromatic N) is 2. The molecule has 0 aromatic carbocycles. The summed E-state index contributed by atoms with van der Waals surface area (Å²) >= 11 is 0. The second-order valence-corrected chi connectivity index (χ2v) is 5.53. The van der Waals surface area contributed by atoms with Crippen LogP contribution in [0, 0.1) is 0 Å². The van der Waals surface area contributed by atoms with Crippen LogP contribution in [-0.2, 0) is 13.0 Å². The molecular weight excluding hydrogens is 294 g/mol. The van der Waals surface area contributed by atoms with E-state index in [1.54, 1.807) is 18.7 Å². The first-order valence-corrected chi connectivity index (χ1v) is 7.48. The number of Topliss-reactive ketones (excluding diaryl/α,β-unsaturated/α-hetero) is 1. The fraction of sp³-hybridized carbons (Fsp3) is 0.235. The van der Waals surface area contributed by atoms with Crippen molar-refractivity contribution in [1.29, 1.82) is 0 Å². The van der Waals surface area contributed by atoms with Crippen molar-refractivity contribution in [1.82, 2.24) is 9.97 Å². The second-order valence-electron chi connectivity index (χ2n) is 5.53. The molecule has 1 atom stereocenters. The van der Waals surface area contributed by atoms with Crippen LogP contribution >= 0.6 is 0 Å². The molecule has 0 saturated carbocycles. The number of fused-ring (bicyclic) bond motifs is 1. The van der Waals surface area contributed by atoms with Crippen LogP contribution in [0.4, 0.5) is 5.95 Å². The van der Waals surface area contributed by atoms with Crippen molar-refractivity contribution >= 4 is 11.7 Å². The predicted octanol–water partition coefficient (Wildman–Crippen LogP) is 3.19. The molecule has 0 spiro atoms. The molecule has 23 heavy (non-hydrogen) atoms. The molecule has 6 heteroatoms. The Morgan fingerprint density at radius 1 is 1.17 bits per heavy atom. The van der Waals surface area contributed by atoms with Gasteiger partial charge in [0.15, 0.2) is 5.78 Å². The minimum absolute atomic E-state index is 0.0397. The summed E-state index contributed by atoms with van der Waals surface area (Å²) in [6.45, 7) is 0.501. The highest BCUT2D eigenvalue weighted by Gasteiger charge is 2.29. The Morgan fingerprint density at radius 3 is 2.83 bits per heavy atom. The van der Waals surface area contributed by atoms with Gasteiger partial charge in [0.25, 0.3) is 0 Å². The zero-order valence-electron chi connectivity index (χ0n) is 12.4. The van der Waals surface area contributed by atoms with Crippen molar-refractivity contribution in [3.63, 3.8) is 0 Å². The lowest BCUT2D eigenvalue weighted by molar-refractivity contribution is 0.0958. The van der Waals surface area contributed by atoms with Gasteiger partial charge in [0, 0.05) is 25.0 Å². The lowest BCUT2D eigenvalue weighted by Gasteiger charge is -2.21. The van der Waals surface area contributed by atoms with Gasteiger partial charge in [0.05, 0.1) is 30.3 Å². The maximum Gasteiger partial charge on any atom is 0.223 e. The van der Waals surface area contributed by atoms with Gasteiger partial charge in [-0.1, -0.05) is 0 Å². The largest absolute Gasteiger partial charge is 0.469 e. The van der Waals surface area contributed by atoms with Gasteiger partial charge in [-0.2, -0.15) is 0 Å². The Morgan fingerprint density at radius 2 is 2.04 bits per heavy atom. The molecule has 0 fully saturated rings. The molecule has 1 N–H and O–H groups in total. The molecule has 116 valence electrons. The summed E-state index contributed by atoms with van der Waals surface area (Å²) in [5.41, 5.74) is 1.37. The molecule has 0 unspecified atom stereocenters. The molecule has 0 amide bonds. The second kappa shape index (κ2) is 5.72. The topological polar surface area (TPSA) is 81.2 Å². The molecule has 0 radical (unpaired) electrons. The van der Waals surface area contributed by atoms with Crippen LogP contribution in [0.1, 0.15) is 39.9 Å². The van der Waals surface area contributed by atoms with Crippen LogP contribution < -0.4 is 5.32 Å². The number of ketones is 1. The van der Waals surface area contributed by atoms with Gasteiger partial charge in [0.2, 0.25) is 5.95 Å². The monoisotopic (exact) mass is 309 g/mol. The highest BCUT2D eigenvalue weighted by atomic mass is 16.3. The summed E-state index contributed by atoms with van der Waals surface area (Å²) in [7, 11) is 0. The van der Waals surface area contributed by atoms with Gasteiger partial charge in [-0.25, -0.2) is 9.97 Å². The summed E-state index contributed by atoms with van der Waals surface area (Å²) in [6.07, 6.45) is 5.96. The van der Waals surface area contributed by atoms with Crippen molar-refractivity contribution in [2.45, 2.75) is 25.3 Å². The van der Waals surface area contributed by atoms with Crippen molar-refractivity contribution in [3.05, 3.63) is 65.8 Å². The quantitative estimate of drug-likeness (QED) is 0.797. The van der Waals surface area contributed by atoms with Crippen LogP contribution in [0.25, 0.3) is 0 Å². The van der Waals surface area contributed by atoms with Gasteiger partial charge in [-0.15, -0.1) is 0 Å². The Hall–Kier alpha value is -2.89. The zero-order chi connectivity index (χ0) is 15.6. The average molecular weight is 309 g/mol. The van der Waals surface area contributed by atoms with E-state index in [0.717, 1.165) is 17.2 Å². The van der Waals surface area contributed by atoms with Crippen LogP contribution in [0.3, 0.4) is 0 Å². The van der Waals surface area contributed by atoms with E-state index in [4.69, 9.17) is 8.83 Å². The van der Waals surface area contributed by atoms with Crippen LogP contribution in [0.2, 0.25) is 0 Å². The Balaban J connectivity index is 1.55. The van der Waals surface area contributed by atoms with E-state index in [1.165, 1.54) is 0 Å². The molecule has 0 aliphatic heterocycles. The number of carbonyl (C=O) groups excluding carboxylic acids is 1. The van der Waals surface area contributed by atoms with E-state index in [2.05, 4.69) is 15.3 Å². The number of nitrogens with one attached hydrogen (secondary N) is 1. The summed E-state index contributed by atoms with van der Waals surface area (Å²) in [5.74, 6) is 2.22. The smallest absolute Gasteiger partial charge is 0.223 e. The van der Waals surface area contributed by atoms with E-state index in [-0.39, 0.29) is 11.7 Å². The minimum Gasteiger partial charge on any atom is -0.469 e. The van der Waals surface area contributed by atoms with Gasteiger partial charge < -0.3 is 14.2 Å². The predicted molar refractivity (Wildman–Crippen MR) is 82.2 cm³/mol. The molecule has 0 bridgehead atoms. The van der Waals surface area contributed by atoms with Gasteiger partial charge in [-0.3, -0.25) is 4.79 Å². The maximum atomic E-state index is 12.3. The number of hydrogen-bond donors (Lipinski definition) is 1. The lowest BCUT2D eigenvalue weighted by atomic mass is 9.85. The SMILES string of the molecule is O=C1C[C@H](c2ccco2)Cc2nc(NCc3ccco3)ncc21. The molecule has 4 rings (SSSR count). The fourth-order valence-corrected chi connectivity index (χ4v) is 2.83. The van der Waals surface area contributed by atoms with E-state index in [9.17, 15) is 4.79 Å². The highest BCUT2D eigenvalue weighted by Crippen LogP contribution is 2.32. The van der Waals surface area contributed by atoms with Crippen molar-refractivity contribution in [3.8, 4) is 0 Å². The molecule has 3 aromatic heterocycles. The number of aromatic nitrogens is 2. The first kappa shape index (κ1) is 13.8. The molecule has 6 nitrogen and oxygen atoms in total. The number of hydrogen-bond acceptors (Lipinski definition) is 6. The van der Waals surface area contributed by atoms with Crippen LogP contribution in [0.5, 0.6) is 0 Å². The van der Waals surface area contributed by atoms with E-state index in [1.807, 2.05) is 24.3 Å². The standard InChI is InChI=1S/C17H15N3O3/c21-15-8-11(16-4-2-6-23-16)7-14-13(15)10-19-17(20-14)18-9-12-3-1-5-22-12/h1-6,10-11H,7-9H2,(H,18,19,20)/t11-/m1/s1. The first-order chi connectivity index (χ1) is 11.3. The molecular formula is C17H15N3O3. The third kappa shape index (κ3) is 2.75. The Bertz CT molecular complexity index is 810. The highest BCUT2D eigenvalue weighted by molar-refractivity contribution is 5.98. The first-order valence-electron chi connectivity index (χ1n) is 7.48. The third-order valence-electron chi connectivity index (χ3n) is 3.99. The zero-order valence-corrected chi connectivity index (χ0v) is 12.4. The summed E-state index contributed by atoms with van der Waals surface area (Å²) < 4.78 is 10.7. The number of anilines is 1. The molecule has 3 aromatic rings. The molecule has 1 aliphatic carbocycles.